The molecule has 0 aromatic carbocycles. The highest BCUT2D eigenvalue weighted by Gasteiger charge is 2.59. The highest BCUT2D eigenvalue weighted by molar-refractivity contribution is 7.47. The number of carboxylic acids is 1. The minimum absolute atomic E-state index is 0.129. The number of phosphoric acid groups is 1. The van der Waals surface area contributed by atoms with Gasteiger partial charge in [0, 0.05) is 26.1 Å². The van der Waals surface area contributed by atoms with Crippen molar-refractivity contribution < 1.29 is 68.2 Å². The average molecular weight is 613 g/mol. The number of aliphatic carboxylic acids is 1. The molecule has 2 saturated heterocycles. The number of anilines is 1. The summed E-state index contributed by atoms with van der Waals surface area (Å²) in [7, 11) is -5.49. The number of phosphoric ester groups is 1. The topological polar surface area (TPSA) is 329 Å². The highest BCUT2D eigenvalue weighted by Crippen LogP contribution is 2.51. The van der Waals surface area contributed by atoms with Crippen LogP contribution in [0.2, 0.25) is 0 Å². The first-order valence-electron chi connectivity index (χ1n) is 12.0. The minimum atomic E-state index is -5.49. The van der Waals surface area contributed by atoms with Crippen molar-refractivity contribution in [3.8, 4) is 0 Å². The standard InChI is InChI=1S/C20H32N5O15P/c1-7(26)23-12-8(27)4-20(18(32)33,39-16(12)13(29)9(28)5-21)40-41(35,36)37-6-10-14(30)15(31)17(38-10)25-3-2-11(22)24-19(25)34/h2-3,8-10,12-17,27-31H,4-6,21H2,1H3,(H,23,26)(H,32,33)(H,35,36)(H2,22,24,34)/t8-,9-,10-,12-,13-,14?,15+,16?,17-,20-/m1/s1. The van der Waals surface area contributed by atoms with Crippen LogP contribution in [-0.2, 0) is 32.7 Å². The second-order valence-corrected chi connectivity index (χ2v) is 10.8. The zero-order chi connectivity index (χ0) is 30.9. The molecule has 1 aromatic heterocycles. The number of nitrogen functional groups attached to an aromatic ring is 1. The van der Waals surface area contributed by atoms with Crippen LogP contribution in [0.3, 0.4) is 0 Å². The van der Waals surface area contributed by atoms with Crippen LogP contribution in [0.4, 0.5) is 5.82 Å². The summed E-state index contributed by atoms with van der Waals surface area (Å²) in [6.07, 6.45) is -14.1. The molecule has 232 valence electrons. The van der Waals surface area contributed by atoms with E-state index in [1.54, 1.807) is 0 Å². The summed E-state index contributed by atoms with van der Waals surface area (Å²) >= 11 is 0. The largest absolute Gasteiger partial charge is 0.477 e. The van der Waals surface area contributed by atoms with Crippen molar-refractivity contribution in [2.24, 2.45) is 5.73 Å². The predicted octanol–water partition coefficient (Wildman–Crippen LogP) is -5.31. The number of hydrogen-bond acceptors (Lipinski definition) is 16. The van der Waals surface area contributed by atoms with Gasteiger partial charge in [0.1, 0.15) is 36.3 Å². The molecule has 2 aliphatic heterocycles. The van der Waals surface area contributed by atoms with Gasteiger partial charge in [0.2, 0.25) is 5.91 Å². The second-order valence-electron chi connectivity index (χ2n) is 9.38. The molecule has 1 aromatic rings. The molecule has 11 atom stereocenters. The quantitative estimate of drug-likeness (QED) is 0.104. The van der Waals surface area contributed by atoms with Gasteiger partial charge in [0.05, 0.1) is 24.9 Å². The fourth-order valence-corrected chi connectivity index (χ4v) is 5.30. The smallest absolute Gasteiger partial charge is 0.475 e. The lowest BCUT2D eigenvalue weighted by Crippen LogP contribution is -2.67. The Kier molecular flexibility index (Phi) is 10.2. The lowest BCUT2D eigenvalue weighted by atomic mass is 9.88. The Labute approximate surface area is 230 Å². The molecule has 3 rings (SSSR count). The van der Waals surface area contributed by atoms with Crippen molar-refractivity contribution in [2.45, 2.75) is 74.1 Å². The Morgan fingerprint density at radius 1 is 1.32 bits per heavy atom. The van der Waals surface area contributed by atoms with E-state index in [9.17, 15) is 54.5 Å². The number of hydrogen-bond donors (Lipinski definition) is 10. The number of nitrogens with two attached hydrogens (primary N) is 2. The SMILES string of the molecule is CC(=O)N[C@H]1C([C@H](O)[C@H](O)CN)O[C@](OP(=O)(O)OC[C@H]2O[C@@H](n3ccc(N)nc3=O)[C@@H](O)C2O)(C(=O)O)C[C@H]1O. The second kappa shape index (κ2) is 12.7. The molecule has 21 heteroatoms. The van der Waals surface area contributed by atoms with E-state index >= 15 is 0 Å². The Morgan fingerprint density at radius 3 is 2.54 bits per heavy atom. The zero-order valence-corrected chi connectivity index (χ0v) is 22.3. The monoisotopic (exact) mass is 613 g/mol. The Balaban J connectivity index is 1.79. The van der Waals surface area contributed by atoms with Crippen molar-refractivity contribution in [3.05, 3.63) is 22.7 Å². The summed E-state index contributed by atoms with van der Waals surface area (Å²) in [6.45, 7) is -0.506. The zero-order valence-electron chi connectivity index (χ0n) is 21.4. The highest BCUT2D eigenvalue weighted by atomic mass is 31.2. The van der Waals surface area contributed by atoms with Gasteiger partial charge in [0.15, 0.2) is 6.23 Å². The average Bonchev–Trinajstić information content (AvgIpc) is 3.16. The molecular weight excluding hydrogens is 581 g/mol. The van der Waals surface area contributed by atoms with Crippen molar-refractivity contribution in [1.29, 1.82) is 0 Å². The molecule has 0 spiro atoms. The number of carboxylic acid groups (broad SMARTS) is 1. The first kappa shape index (κ1) is 32.9. The lowest BCUT2D eigenvalue weighted by molar-refractivity contribution is -0.287. The van der Waals surface area contributed by atoms with Crippen LogP contribution in [0.25, 0.3) is 0 Å². The molecule has 20 nitrogen and oxygen atoms in total. The molecule has 3 unspecified atom stereocenters. The van der Waals surface area contributed by atoms with E-state index in [1.165, 1.54) is 6.07 Å². The summed E-state index contributed by atoms with van der Waals surface area (Å²) in [5, 5.41) is 63.8. The third kappa shape index (κ3) is 7.25. The van der Waals surface area contributed by atoms with Crippen LogP contribution in [0.1, 0.15) is 19.6 Å². The molecule has 2 aliphatic rings. The molecule has 1 amide bonds. The van der Waals surface area contributed by atoms with Gasteiger partial charge >= 0.3 is 19.5 Å². The van der Waals surface area contributed by atoms with Crippen molar-refractivity contribution in [3.63, 3.8) is 0 Å². The summed E-state index contributed by atoms with van der Waals surface area (Å²) in [6, 6.07) is -0.300. The molecule has 12 N–H and O–H groups in total. The number of carbonyl (C=O) groups excluding carboxylic acids is 1. The molecule has 0 radical (unpaired) electrons. The van der Waals surface area contributed by atoms with Gasteiger partial charge in [-0.05, 0) is 6.07 Å². The van der Waals surface area contributed by atoms with Gasteiger partial charge in [0.25, 0.3) is 5.79 Å². The number of carbonyl (C=O) groups is 2. The molecule has 2 fully saturated rings. The molecule has 0 bridgehead atoms. The van der Waals surface area contributed by atoms with E-state index in [4.69, 9.17) is 30.0 Å². The fraction of sp³-hybridized carbons (Fsp3) is 0.700. The van der Waals surface area contributed by atoms with E-state index in [2.05, 4.69) is 10.3 Å². The molecule has 0 aliphatic carbocycles. The fourth-order valence-electron chi connectivity index (χ4n) is 4.35. The molecular formula is C20H32N5O15P. The Morgan fingerprint density at radius 2 is 1.98 bits per heavy atom. The number of rotatable bonds is 11. The van der Waals surface area contributed by atoms with E-state index in [0.717, 1.165) is 17.7 Å². The van der Waals surface area contributed by atoms with Gasteiger partial charge < -0.3 is 61.8 Å². The van der Waals surface area contributed by atoms with Gasteiger partial charge in [-0.15, -0.1) is 0 Å². The van der Waals surface area contributed by atoms with Crippen molar-refractivity contribution in [2.75, 3.05) is 18.9 Å². The minimum Gasteiger partial charge on any atom is -0.477 e. The maximum Gasteiger partial charge on any atom is 0.475 e. The van der Waals surface area contributed by atoms with Crippen LogP contribution in [-0.4, -0.2) is 125 Å². The number of aliphatic hydroxyl groups is 5. The summed E-state index contributed by atoms with van der Waals surface area (Å²) < 4.78 is 33.9. The number of nitrogens with one attached hydrogen (secondary N) is 1. The summed E-state index contributed by atoms with van der Waals surface area (Å²) in [5.41, 5.74) is 9.80. The van der Waals surface area contributed by atoms with Crippen LogP contribution < -0.4 is 22.5 Å². The third-order valence-corrected chi connectivity index (χ3v) is 7.37. The Bertz CT molecular complexity index is 1220. The lowest BCUT2D eigenvalue weighted by Gasteiger charge is -2.46. The van der Waals surface area contributed by atoms with Crippen LogP contribution >= 0.6 is 7.82 Å². The van der Waals surface area contributed by atoms with Crippen LogP contribution in [0.15, 0.2) is 17.1 Å². The predicted molar refractivity (Wildman–Crippen MR) is 130 cm³/mol. The molecule has 0 saturated carbocycles. The van der Waals surface area contributed by atoms with Crippen molar-refractivity contribution in [1.82, 2.24) is 14.9 Å². The van der Waals surface area contributed by atoms with Crippen molar-refractivity contribution >= 4 is 25.5 Å². The number of nitrogens with zero attached hydrogens (tertiary/aromatic N) is 2. The van der Waals surface area contributed by atoms with Gasteiger partial charge in [-0.3, -0.25) is 13.9 Å². The maximum absolute atomic E-state index is 12.8. The van der Waals surface area contributed by atoms with E-state index in [1.807, 2.05) is 0 Å². The first-order valence-corrected chi connectivity index (χ1v) is 13.5. The van der Waals surface area contributed by atoms with Crippen LogP contribution in [0, 0.1) is 0 Å². The van der Waals surface area contributed by atoms with E-state index in [0.29, 0.717) is 0 Å². The van der Waals surface area contributed by atoms with E-state index < -0.39 is 106 Å². The molecule has 3 heterocycles. The van der Waals surface area contributed by atoms with Gasteiger partial charge in [-0.1, -0.05) is 0 Å². The number of aromatic nitrogens is 2. The number of amides is 1. The first-order chi connectivity index (χ1) is 19.0. The summed E-state index contributed by atoms with van der Waals surface area (Å²) in [5.74, 6) is -6.09. The summed E-state index contributed by atoms with van der Waals surface area (Å²) in [4.78, 5) is 49.7. The number of aliphatic hydroxyl groups excluding tert-OH is 5. The van der Waals surface area contributed by atoms with Gasteiger partial charge in [-0.25, -0.2) is 18.7 Å². The van der Waals surface area contributed by atoms with Crippen LogP contribution in [0.5, 0.6) is 0 Å². The van der Waals surface area contributed by atoms with Gasteiger partial charge in [-0.2, -0.15) is 4.98 Å². The van der Waals surface area contributed by atoms with E-state index in [-0.39, 0.29) is 5.82 Å². The maximum atomic E-state index is 12.8. The normalized spacial score (nSPS) is 34.9. The Hall–Kier alpha value is -2.59. The number of ether oxygens (including phenoxy) is 2. The molecule has 41 heavy (non-hydrogen) atoms. The third-order valence-electron chi connectivity index (χ3n) is 6.37.